The number of ether oxygens (including phenoxy) is 3. The Bertz CT molecular complexity index is 971. The zero-order chi connectivity index (χ0) is 22.6. The average Bonchev–Trinajstić information content (AvgIpc) is 3.18. The number of hydrogen-bond acceptors (Lipinski definition) is 7. The van der Waals surface area contributed by atoms with Gasteiger partial charge in [0.05, 0.1) is 26.9 Å². The van der Waals surface area contributed by atoms with Crippen LogP contribution in [0.5, 0.6) is 5.75 Å². The summed E-state index contributed by atoms with van der Waals surface area (Å²) in [5.74, 6) is -0.829. The van der Waals surface area contributed by atoms with E-state index < -0.39 is 17.4 Å². The van der Waals surface area contributed by atoms with E-state index in [1.807, 2.05) is 0 Å². The van der Waals surface area contributed by atoms with Crippen LogP contribution in [0.4, 0.5) is 5.69 Å². The molecule has 0 aliphatic carbocycles. The number of amides is 2. The molecule has 166 valence electrons. The van der Waals surface area contributed by atoms with Crippen LogP contribution < -0.4 is 15.0 Å². The highest BCUT2D eigenvalue weighted by molar-refractivity contribution is 6.12. The molecule has 0 saturated heterocycles. The fraction of sp³-hybridized carbons (Fsp3) is 0.429. The fourth-order valence-corrected chi connectivity index (χ4v) is 3.48. The van der Waals surface area contributed by atoms with Crippen LogP contribution in [-0.2, 0) is 20.8 Å². The zero-order valence-electron chi connectivity index (χ0n) is 18.0. The summed E-state index contributed by atoms with van der Waals surface area (Å²) in [4.78, 5) is 40.2. The first kappa shape index (κ1) is 22.3. The lowest BCUT2D eigenvalue weighted by Crippen LogP contribution is -2.64. The molecule has 0 radical (unpaired) electrons. The molecule has 2 aromatic rings. The molecule has 1 aliphatic heterocycles. The number of esters is 1. The van der Waals surface area contributed by atoms with Crippen molar-refractivity contribution in [1.82, 2.24) is 15.1 Å². The molecular formula is C21H26N4O6. The number of benzene rings is 1. The number of nitrogens with zero attached hydrogens (tertiary/aromatic N) is 3. The summed E-state index contributed by atoms with van der Waals surface area (Å²) in [7, 11) is 3.08. The second-order valence-corrected chi connectivity index (χ2v) is 7.15. The maximum absolute atomic E-state index is 13.5. The van der Waals surface area contributed by atoms with Gasteiger partial charge >= 0.3 is 5.97 Å². The van der Waals surface area contributed by atoms with Crippen LogP contribution in [0.25, 0.3) is 0 Å². The van der Waals surface area contributed by atoms with Gasteiger partial charge in [0.15, 0.2) is 5.69 Å². The topological polar surface area (TPSA) is 112 Å². The zero-order valence-corrected chi connectivity index (χ0v) is 18.0. The molecule has 1 aromatic carbocycles. The van der Waals surface area contributed by atoms with Crippen LogP contribution in [0.1, 0.15) is 34.8 Å². The number of carbonyl (C=O) groups is 3. The van der Waals surface area contributed by atoms with Gasteiger partial charge in [0.25, 0.3) is 5.91 Å². The molecule has 3 rings (SSSR count). The van der Waals surface area contributed by atoms with Crippen molar-refractivity contribution in [2.24, 2.45) is 0 Å². The third kappa shape index (κ3) is 4.24. The molecule has 1 atom stereocenters. The second kappa shape index (κ2) is 9.17. The van der Waals surface area contributed by atoms with Crippen LogP contribution >= 0.6 is 0 Å². The Kier molecular flexibility index (Phi) is 6.59. The van der Waals surface area contributed by atoms with Crippen molar-refractivity contribution in [2.45, 2.75) is 25.9 Å². The van der Waals surface area contributed by atoms with Crippen molar-refractivity contribution in [1.29, 1.82) is 0 Å². The average molecular weight is 430 g/mol. The standard InChI is InChI=1S/C21H26N4O6/c1-5-31-19(27)16-12-17-18(26)25(14-6-8-15(30-4)9-7-14)21(2,13-24(17)23-16)20(28)22-10-11-29-3/h6-9,12H,5,10-11,13H2,1-4H3,(H,22,28)/t21-/m1/s1. The van der Waals surface area contributed by atoms with E-state index in [1.165, 1.54) is 22.8 Å². The van der Waals surface area contributed by atoms with Gasteiger partial charge in [0.1, 0.15) is 17.0 Å². The highest BCUT2D eigenvalue weighted by atomic mass is 16.5. The van der Waals surface area contributed by atoms with Crippen molar-refractivity contribution < 1.29 is 28.6 Å². The first-order chi connectivity index (χ1) is 14.8. The fourth-order valence-electron chi connectivity index (χ4n) is 3.48. The molecule has 0 spiro atoms. The van der Waals surface area contributed by atoms with E-state index in [2.05, 4.69) is 10.4 Å². The molecule has 10 nitrogen and oxygen atoms in total. The lowest BCUT2D eigenvalue weighted by molar-refractivity contribution is -0.126. The number of rotatable bonds is 8. The molecule has 2 heterocycles. The van der Waals surface area contributed by atoms with E-state index in [-0.39, 0.29) is 37.0 Å². The minimum Gasteiger partial charge on any atom is -0.497 e. The van der Waals surface area contributed by atoms with Gasteiger partial charge in [-0.05, 0) is 38.1 Å². The summed E-state index contributed by atoms with van der Waals surface area (Å²) in [6, 6.07) is 8.22. The van der Waals surface area contributed by atoms with Crippen molar-refractivity contribution in [3.8, 4) is 5.75 Å². The van der Waals surface area contributed by atoms with Crippen molar-refractivity contribution in [3.05, 3.63) is 41.7 Å². The van der Waals surface area contributed by atoms with E-state index in [0.29, 0.717) is 18.0 Å². The highest BCUT2D eigenvalue weighted by Gasteiger charge is 2.49. The minimum absolute atomic E-state index is 0.0175. The SMILES string of the molecule is CCOC(=O)c1cc2n(n1)C[C@](C)(C(=O)NCCOC)N(c1ccc(OC)cc1)C2=O. The number of anilines is 1. The number of carbonyl (C=O) groups excluding carboxylic acids is 3. The summed E-state index contributed by atoms with van der Waals surface area (Å²) < 4.78 is 16.6. The lowest BCUT2D eigenvalue weighted by atomic mass is 9.94. The number of hydrogen-bond donors (Lipinski definition) is 1. The Balaban J connectivity index is 2.04. The molecule has 0 unspecified atom stereocenters. The molecule has 0 saturated carbocycles. The minimum atomic E-state index is -1.30. The predicted molar refractivity (Wildman–Crippen MR) is 111 cm³/mol. The third-order valence-corrected chi connectivity index (χ3v) is 5.05. The molecule has 1 aromatic heterocycles. The van der Waals surface area contributed by atoms with Gasteiger partial charge in [-0.2, -0.15) is 5.10 Å². The number of aromatic nitrogens is 2. The summed E-state index contributed by atoms with van der Waals surface area (Å²) in [5.41, 5.74) is -0.574. The smallest absolute Gasteiger partial charge is 0.358 e. The quantitative estimate of drug-likeness (QED) is 0.495. The normalized spacial score (nSPS) is 17.8. The van der Waals surface area contributed by atoms with Gasteiger partial charge in [-0.3, -0.25) is 19.2 Å². The van der Waals surface area contributed by atoms with E-state index in [1.54, 1.807) is 45.2 Å². The van der Waals surface area contributed by atoms with E-state index in [0.717, 1.165) is 0 Å². The van der Waals surface area contributed by atoms with Gasteiger partial charge in [0, 0.05) is 25.4 Å². The maximum Gasteiger partial charge on any atom is 0.358 e. The van der Waals surface area contributed by atoms with Crippen LogP contribution in [0.3, 0.4) is 0 Å². The molecule has 31 heavy (non-hydrogen) atoms. The monoisotopic (exact) mass is 430 g/mol. The Hall–Kier alpha value is -3.40. The molecule has 0 bridgehead atoms. The lowest BCUT2D eigenvalue weighted by Gasteiger charge is -2.43. The second-order valence-electron chi connectivity index (χ2n) is 7.15. The summed E-state index contributed by atoms with van der Waals surface area (Å²) in [6.45, 7) is 4.20. The largest absolute Gasteiger partial charge is 0.497 e. The van der Waals surface area contributed by atoms with E-state index in [4.69, 9.17) is 14.2 Å². The van der Waals surface area contributed by atoms with Crippen molar-refractivity contribution >= 4 is 23.5 Å². The number of fused-ring (bicyclic) bond motifs is 1. The van der Waals surface area contributed by atoms with Gasteiger partial charge in [-0.15, -0.1) is 0 Å². The molecule has 2 amide bonds. The first-order valence-electron chi connectivity index (χ1n) is 9.86. The highest BCUT2D eigenvalue weighted by Crippen LogP contribution is 2.33. The van der Waals surface area contributed by atoms with Gasteiger partial charge in [-0.25, -0.2) is 4.79 Å². The van der Waals surface area contributed by atoms with Crippen molar-refractivity contribution in [3.63, 3.8) is 0 Å². The van der Waals surface area contributed by atoms with Crippen molar-refractivity contribution in [2.75, 3.05) is 38.9 Å². The molecule has 1 aliphatic rings. The molecule has 0 fully saturated rings. The molecule has 1 N–H and O–H groups in total. The van der Waals surface area contributed by atoms with Gasteiger partial charge < -0.3 is 19.5 Å². The Morgan fingerprint density at radius 2 is 1.94 bits per heavy atom. The van der Waals surface area contributed by atoms with E-state index >= 15 is 0 Å². The van der Waals surface area contributed by atoms with Gasteiger partial charge in [-0.1, -0.05) is 0 Å². The first-order valence-corrected chi connectivity index (χ1v) is 9.86. The number of nitrogens with one attached hydrogen (secondary N) is 1. The predicted octanol–water partition coefficient (Wildman–Crippen LogP) is 1.25. The maximum atomic E-state index is 13.5. The Labute approximate surface area is 180 Å². The van der Waals surface area contributed by atoms with Crippen LogP contribution in [0.2, 0.25) is 0 Å². The van der Waals surface area contributed by atoms with E-state index in [9.17, 15) is 14.4 Å². The summed E-state index contributed by atoms with van der Waals surface area (Å²) in [6.07, 6.45) is 0. The number of methoxy groups -OCH3 is 2. The molecule has 10 heteroatoms. The summed E-state index contributed by atoms with van der Waals surface area (Å²) >= 11 is 0. The molecular weight excluding hydrogens is 404 g/mol. The Morgan fingerprint density at radius 3 is 2.55 bits per heavy atom. The van der Waals surface area contributed by atoms with Gasteiger partial charge in [0.2, 0.25) is 5.91 Å². The Morgan fingerprint density at radius 1 is 1.23 bits per heavy atom. The van der Waals surface area contributed by atoms with Crippen LogP contribution in [0.15, 0.2) is 30.3 Å². The third-order valence-electron chi connectivity index (χ3n) is 5.05. The van der Waals surface area contributed by atoms with Crippen LogP contribution in [0, 0.1) is 0 Å². The van der Waals surface area contributed by atoms with Crippen LogP contribution in [-0.4, -0.2) is 67.1 Å². The summed E-state index contributed by atoms with van der Waals surface area (Å²) in [5, 5.41) is 7.02.